The Labute approximate surface area is 71.9 Å². The molecule has 0 amide bonds. The summed E-state index contributed by atoms with van der Waals surface area (Å²) in [5.41, 5.74) is 3.15. The second-order valence-electron chi connectivity index (χ2n) is 3.06. The van der Waals surface area contributed by atoms with E-state index < -0.39 is 0 Å². The van der Waals surface area contributed by atoms with Gasteiger partial charge < -0.3 is 4.74 Å². The van der Waals surface area contributed by atoms with Crippen molar-refractivity contribution in [3.8, 4) is 5.75 Å². The summed E-state index contributed by atoms with van der Waals surface area (Å²) in [6.07, 6.45) is 0. The first-order valence-electron chi connectivity index (χ1n) is 4.04. The average Bonchev–Trinajstić information content (AvgIpc) is 2.04. The second kappa shape index (κ2) is 2.63. The number of aryl methyl sites for hydroxylation is 1. The van der Waals surface area contributed by atoms with Crippen LogP contribution >= 0.6 is 0 Å². The average molecular weight is 161 g/mol. The minimum Gasteiger partial charge on any atom is -0.485 e. The molecule has 1 aromatic carbocycles. The van der Waals surface area contributed by atoms with E-state index in [1.165, 1.54) is 0 Å². The van der Waals surface area contributed by atoms with E-state index in [0.717, 1.165) is 22.7 Å². The number of benzene rings is 1. The predicted octanol–water partition coefficient (Wildman–Crippen LogP) is 2.48. The van der Waals surface area contributed by atoms with Gasteiger partial charge in [0.15, 0.2) is 0 Å². The smallest absolute Gasteiger partial charge is 0.148 e. The maximum absolute atomic E-state index is 5.54. The maximum Gasteiger partial charge on any atom is 0.148 e. The number of ether oxygens (including phenoxy) is 1. The van der Waals surface area contributed by atoms with Gasteiger partial charge in [0, 0.05) is 0 Å². The van der Waals surface area contributed by atoms with Crippen LogP contribution in [0.25, 0.3) is 0 Å². The molecule has 0 aliphatic carbocycles. The van der Waals surface area contributed by atoms with Gasteiger partial charge in [0.05, 0.1) is 5.71 Å². The van der Waals surface area contributed by atoms with Gasteiger partial charge in [0.2, 0.25) is 0 Å². The Morgan fingerprint density at radius 3 is 3.00 bits per heavy atom. The van der Waals surface area contributed by atoms with Gasteiger partial charge in [-0.3, -0.25) is 4.99 Å². The van der Waals surface area contributed by atoms with Crippen LogP contribution in [0.5, 0.6) is 5.75 Å². The highest BCUT2D eigenvalue weighted by Crippen LogP contribution is 2.33. The molecule has 0 atom stereocenters. The van der Waals surface area contributed by atoms with Crippen molar-refractivity contribution in [2.45, 2.75) is 13.8 Å². The molecule has 0 saturated carbocycles. The van der Waals surface area contributed by atoms with E-state index in [1.807, 2.05) is 32.0 Å². The van der Waals surface area contributed by atoms with Crippen LogP contribution in [0.2, 0.25) is 0 Å². The Balaban J connectivity index is 2.57. The van der Waals surface area contributed by atoms with Gasteiger partial charge in [-0.2, -0.15) is 0 Å². The van der Waals surface area contributed by atoms with Crippen LogP contribution in [0.15, 0.2) is 23.2 Å². The quantitative estimate of drug-likeness (QED) is 0.572. The fourth-order valence-electron chi connectivity index (χ4n) is 1.33. The molecule has 0 radical (unpaired) electrons. The van der Waals surface area contributed by atoms with Crippen LogP contribution in [0, 0.1) is 6.92 Å². The lowest BCUT2D eigenvalue weighted by atomic mass is 10.2. The lowest BCUT2D eigenvalue weighted by Gasteiger charge is -2.16. The molecule has 2 rings (SSSR count). The molecule has 1 aromatic rings. The number of rotatable bonds is 0. The molecule has 0 unspecified atom stereocenters. The van der Waals surface area contributed by atoms with Crippen molar-refractivity contribution in [2.75, 3.05) is 6.61 Å². The third-order valence-electron chi connectivity index (χ3n) is 1.93. The summed E-state index contributed by atoms with van der Waals surface area (Å²) in [6.45, 7) is 4.64. The van der Waals surface area contributed by atoms with Gasteiger partial charge in [-0.25, -0.2) is 0 Å². The van der Waals surface area contributed by atoms with Crippen molar-refractivity contribution in [1.29, 1.82) is 0 Å². The van der Waals surface area contributed by atoms with Gasteiger partial charge in [-0.15, -0.1) is 0 Å². The van der Waals surface area contributed by atoms with Gasteiger partial charge in [0.1, 0.15) is 18.0 Å². The van der Waals surface area contributed by atoms with E-state index in [1.54, 1.807) is 0 Å². The summed E-state index contributed by atoms with van der Waals surface area (Å²) in [5.74, 6) is 0.933. The molecular formula is C10H11NO. The summed E-state index contributed by atoms with van der Waals surface area (Å²) in [4.78, 5) is 4.40. The summed E-state index contributed by atoms with van der Waals surface area (Å²) >= 11 is 0. The molecule has 2 nitrogen and oxygen atoms in total. The highest BCUT2D eigenvalue weighted by Gasteiger charge is 2.11. The van der Waals surface area contributed by atoms with Gasteiger partial charge in [-0.05, 0) is 25.5 Å². The Bertz CT molecular complexity index is 342. The first kappa shape index (κ1) is 7.35. The fourth-order valence-corrected chi connectivity index (χ4v) is 1.33. The summed E-state index contributed by atoms with van der Waals surface area (Å²) in [5, 5.41) is 0. The number of hydrogen-bond donors (Lipinski definition) is 0. The van der Waals surface area contributed by atoms with Crippen LogP contribution in [0.1, 0.15) is 12.5 Å². The molecule has 0 fully saturated rings. The third-order valence-corrected chi connectivity index (χ3v) is 1.93. The minimum atomic E-state index is 0.623. The predicted molar refractivity (Wildman–Crippen MR) is 49.4 cm³/mol. The van der Waals surface area contributed by atoms with E-state index in [-0.39, 0.29) is 0 Å². The molecule has 62 valence electrons. The number of hydrogen-bond acceptors (Lipinski definition) is 2. The van der Waals surface area contributed by atoms with Crippen LogP contribution in [0.4, 0.5) is 5.69 Å². The van der Waals surface area contributed by atoms with Gasteiger partial charge in [-0.1, -0.05) is 12.1 Å². The fraction of sp³-hybridized carbons (Fsp3) is 0.300. The molecule has 2 heteroatoms. The lowest BCUT2D eigenvalue weighted by molar-refractivity contribution is 0.369. The highest BCUT2D eigenvalue weighted by molar-refractivity contribution is 5.88. The summed E-state index contributed by atoms with van der Waals surface area (Å²) < 4.78 is 5.54. The molecule has 1 heterocycles. The normalized spacial score (nSPS) is 14.7. The second-order valence-corrected chi connectivity index (χ2v) is 3.06. The van der Waals surface area contributed by atoms with E-state index in [2.05, 4.69) is 4.99 Å². The van der Waals surface area contributed by atoms with Crippen LogP contribution in [-0.4, -0.2) is 12.3 Å². The Hall–Kier alpha value is -1.31. The Kier molecular flexibility index (Phi) is 1.61. The van der Waals surface area contributed by atoms with Crippen LogP contribution in [0.3, 0.4) is 0 Å². The van der Waals surface area contributed by atoms with Gasteiger partial charge in [0.25, 0.3) is 0 Å². The highest BCUT2D eigenvalue weighted by atomic mass is 16.5. The molecule has 0 bridgehead atoms. The molecule has 0 spiro atoms. The lowest BCUT2D eigenvalue weighted by Crippen LogP contribution is -2.11. The van der Waals surface area contributed by atoms with Crippen molar-refractivity contribution in [3.05, 3.63) is 23.8 Å². The SMILES string of the molecule is CC1=Nc2cccc(C)c2OC1. The first-order chi connectivity index (χ1) is 5.77. The molecule has 0 N–H and O–H groups in total. The monoisotopic (exact) mass is 161 g/mol. The zero-order chi connectivity index (χ0) is 8.55. The topological polar surface area (TPSA) is 21.6 Å². The number of aliphatic imine (C=N–C) groups is 1. The number of nitrogens with zero attached hydrogens (tertiary/aromatic N) is 1. The third kappa shape index (κ3) is 1.09. The van der Waals surface area contributed by atoms with Crippen molar-refractivity contribution in [3.63, 3.8) is 0 Å². The van der Waals surface area contributed by atoms with E-state index >= 15 is 0 Å². The Morgan fingerprint density at radius 1 is 1.33 bits per heavy atom. The van der Waals surface area contributed by atoms with Gasteiger partial charge >= 0.3 is 0 Å². The van der Waals surface area contributed by atoms with E-state index in [0.29, 0.717) is 6.61 Å². The van der Waals surface area contributed by atoms with Crippen LogP contribution in [-0.2, 0) is 0 Å². The molecular weight excluding hydrogens is 150 g/mol. The summed E-state index contributed by atoms with van der Waals surface area (Å²) in [6, 6.07) is 6.01. The molecule has 0 saturated heterocycles. The largest absolute Gasteiger partial charge is 0.485 e. The zero-order valence-electron chi connectivity index (χ0n) is 7.29. The number of fused-ring (bicyclic) bond motifs is 1. The molecule has 1 aliphatic heterocycles. The first-order valence-corrected chi connectivity index (χ1v) is 4.04. The van der Waals surface area contributed by atoms with E-state index in [4.69, 9.17) is 4.74 Å². The van der Waals surface area contributed by atoms with Crippen molar-refractivity contribution < 1.29 is 4.74 Å². The zero-order valence-corrected chi connectivity index (χ0v) is 7.29. The maximum atomic E-state index is 5.54. The number of para-hydroxylation sites is 1. The van der Waals surface area contributed by atoms with Crippen LogP contribution < -0.4 is 4.74 Å². The Morgan fingerprint density at radius 2 is 2.17 bits per heavy atom. The molecule has 1 aliphatic rings. The summed E-state index contributed by atoms with van der Waals surface area (Å²) in [7, 11) is 0. The van der Waals surface area contributed by atoms with Crippen molar-refractivity contribution >= 4 is 11.4 Å². The molecule has 0 aromatic heterocycles. The van der Waals surface area contributed by atoms with Crippen molar-refractivity contribution in [2.24, 2.45) is 4.99 Å². The van der Waals surface area contributed by atoms with Crippen molar-refractivity contribution in [1.82, 2.24) is 0 Å². The minimum absolute atomic E-state index is 0.623. The van der Waals surface area contributed by atoms with E-state index in [9.17, 15) is 0 Å². The molecule has 12 heavy (non-hydrogen) atoms. The standard InChI is InChI=1S/C10H11NO/c1-7-4-3-5-9-10(7)12-6-8(2)11-9/h3-5H,6H2,1-2H3.